The van der Waals surface area contributed by atoms with Crippen molar-refractivity contribution in [3.63, 3.8) is 0 Å². The Kier molecular flexibility index (Phi) is 2.96. The van der Waals surface area contributed by atoms with E-state index in [2.05, 4.69) is 0 Å². The number of aliphatic hydroxyl groups excluding tert-OH is 1. The maximum Gasteiger partial charge on any atom is 0.248 e. The molecule has 0 aromatic heterocycles. The number of hydrogen-bond acceptors (Lipinski definition) is 4. The van der Waals surface area contributed by atoms with E-state index in [0.717, 1.165) is 0 Å². The highest BCUT2D eigenvalue weighted by molar-refractivity contribution is 6.21. The summed E-state index contributed by atoms with van der Waals surface area (Å²) >= 11 is 5.55. The Morgan fingerprint density at radius 3 is 2.75 bits per heavy atom. The van der Waals surface area contributed by atoms with Crippen molar-refractivity contribution in [3.05, 3.63) is 0 Å². The van der Waals surface area contributed by atoms with Crippen LogP contribution in [0.3, 0.4) is 0 Å². The predicted octanol–water partition coefficient (Wildman–Crippen LogP) is 0.0560. The second-order valence-electron chi connectivity index (χ2n) is 2.98. The van der Waals surface area contributed by atoms with Crippen LogP contribution in [0, 0.1) is 0 Å². The molecule has 4 atom stereocenters. The zero-order chi connectivity index (χ0) is 9.35. The maximum atomic E-state index is 9.45. The lowest BCUT2D eigenvalue weighted by Gasteiger charge is -2.38. The highest BCUT2D eigenvalue weighted by Gasteiger charge is 2.43. The smallest absolute Gasteiger partial charge is 0.248 e. The average molecular weight is 197 g/mol. The Bertz CT molecular complexity index is 161. The third-order valence-corrected chi connectivity index (χ3v) is 2.23. The summed E-state index contributed by atoms with van der Waals surface area (Å²) in [4.78, 5) is 0. The van der Waals surface area contributed by atoms with Crippen LogP contribution in [0.4, 0.5) is 0 Å². The van der Waals surface area contributed by atoms with Gasteiger partial charge in [-0.3, -0.25) is 0 Å². The third kappa shape index (κ3) is 2.08. The first-order chi connectivity index (χ1) is 5.46. The molecule has 1 unspecified atom stereocenters. The van der Waals surface area contributed by atoms with Gasteiger partial charge in [-0.05, 0) is 6.92 Å². The fraction of sp³-hybridized carbons (Fsp3) is 1.00. The van der Waals surface area contributed by atoms with Crippen molar-refractivity contribution < 1.29 is 19.7 Å². The topological polar surface area (TPSA) is 58.9 Å². The second-order valence-corrected chi connectivity index (χ2v) is 3.57. The van der Waals surface area contributed by atoms with Gasteiger partial charge < -0.3 is 19.7 Å². The lowest BCUT2D eigenvalue weighted by Crippen LogP contribution is -2.51. The summed E-state index contributed by atoms with van der Waals surface area (Å²) in [5, 5.41) is 17.1. The van der Waals surface area contributed by atoms with Crippen LogP contribution >= 0.6 is 11.6 Å². The number of alkyl halides is 1. The van der Waals surface area contributed by atoms with Crippen molar-refractivity contribution in [1.82, 2.24) is 0 Å². The molecule has 0 spiro atoms. The van der Waals surface area contributed by atoms with E-state index >= 15 is 0 Å². The minimum atomic E-state index is -1.71. The average Bonchev–Trinajstić information content (AvgIpc) is 1.96. The Morgan fingerprint density at radius 1 is 1.67 bits per heavy atom. The first-order valence-electron chi connectivity index (χ1n) is 3.76. The van der Waals surface area contributed by atoms with Gasteiger partial charge in [-0.1, -0.05) is 11.6 Å². The number of rotatable bonds is 1. The van der Waals surface area contributed by atoms with E-state index in [1.54, 1.807) is 6.92 Å². The molecule has 1 heterocycles. The monoisotopic (exact) mass is 196 g/mol. The summed E-state index contributed by atoms with van der Waals surface area (Å²) in [6, 6.07) is 0. The van der Waals surface area contributed by atoms with Crippen LogP contribution in [-0.2, 0) is 9.47 Å². The van der Waals surface area contributed by atoms with Gasteiger partial charge in [-0.2, -0.15) is 0 Å². The van der Waals surface area contributed by atoms with Crippen LogP contribution in [0.5, 0.6) is 0 Å². The predicted molar refractivity (Wildman–Crippen MR) is 42.8 cm³/mol. The zero-order valence-electron chi connectivity index (χ0n) is 7.03. The van der Waals surface area contributed by atoms with Gasteiger partial charge in [0.25, 0.3) is 0 Å². The van der Waals surface area contributed by atoms with Crippen LogP contribution in [0.25, 0.3) is 0 Å². The van der Waals surface area contributed by atoms with Crippen LogP contribution in [0.2, 0.25) is 0 Å². The largest absolute Gasteiger partial charge is 0.388 e. The highest BCUT2D eigenvalue weighted by atomic mass is 35.5. The fourth-order valence-corrected chi connectivity index (χ4v) is 1.59. The van der Waals surface area contributed by atoms with Gasteiger partial charge in [0.1, 0.15) is 6.10 Å². The van der Waals surface area contributed by atoms with E-state index in [9.17, 15) is 10.2 Å². The Morgan fingerprint density at radius 2 is 2.25 bits per heavy atom. The standard InChI is InChI=1S/C7H13ClO4/c1-4-6(9)5(11-2)3-7(8,10)12-4/h4-6,9-10H,3H2,1-2H3/t4-,5-,6-,7?/m0/s1. The maximum absolute atomic E-state index is 9.45. The molecular weight excluding hydrogens is 184 g/mol. The third-order valence-electron chi connectivity index (χ3n) is 1.98. The lowest BCUT2D eigenvalue weighted by atomic mass is 10.0. The number of ether oxygens (including phenoxy) is 2. The molecule has 0 radical (unpaired) electrons. The van der Waals surface area contributed by atoms with E-state index in [0.29, 0.717) is 0 Å². The minimum Gasteiger partial charge on any atom is -0.388 e. The van der Waals surface area contributed by atoms with Gasteiger partial charge in [0.2, 0.25) is 5.25 Å². The van der Waals surface area contributed by atoms with Crippen molar-refractivity contribution >= 4 is 11.6 Å². The zero-order valence-corrected chi connectivity index (χ0v) is 7.78. The SMILES string of the molecule is CO[C@H]1CC(O)(Cl)O[C@@H](C)[C@@H]1O. The number of methoxy groups -OCH3 is 1. The normalized spacial score (nSPS) is 49.2. The molecule has 0 aromatic rings. The first-order valence-corrected chi connectivity index (χ1v) is 4.14. The van der Waals surface area contributed by atoms with Gasteiger partial charge in [-0.25, -0.2) is 0 Å². The molecule has 2 N–H and O–H groups in total. The van der Waals surface area contributed by atoms with E-state index in [4.69, 9.17) is 21.1 Å². The van der Waals surface area contributed by atoms with Crippen molar-refractivity contribution in [2.24, 2.45) is 0 Å². The molecule has 12 heavy (non-hydrogen) atoms. The molecule has 1 fully saturated rings. The Labute approximate surface area is 76.0 Å². The van der Waals surface area contributed by atoms with E-state index in [1.807, 2.05) is 0 Å². The van der Waals surface area contributed by atoms with E-state index in [1.165, 1.54) is 7.11 Å². The summed E-state index contributed by atoms with van der Waals surface area (Å²) < 4.78 is 9.84. The van der Waals surface area contributed by atoms with E-state index in [-0.39, 0.29) is 6.42 Å². The number of hydrogen-bond donors (Lipinski definition) is 2. The molecule has 5 heteroatoms. The molecule has 1 aliphatic rings. The van der Waals surface area contributed by atoms with Crippen molar-refractivity contribution in [2.45, 2.75) is 36.9 Å². The van der Waals surface area contributed by atoms with Gasteiger partial charge in [-0.15, -0.1) is 0 Å². The Hall–Kier alpha value is 0.130. The summed E-state index contributed by atoms with van der Waals surface area (Å²) in [6.07, 6.45) is -1.67. The lowest BCUT2D eigenvalue weighted by molar-refractivity contribution is -0.256. The summed E-state index contributed by atoms with van der Waals surface area (Å²) in [5.74, 6) is 0. The molecule has 0 amide bonds. The van der Waals surface area contributed by atoms with Gasteiger partial charge in [0.05, 0.1) is 12.2 Å². The molecule has 1 rings (SSSR count). The minimum absolute atomic E-state index is 0.0660. The van der Waals surface area contributed by atoms with E-state index < -0.39 is 23.6 Å². The van der Waals surface area contributed by atoms with Crippen LogP contribution in [0.1, 0.15) is 13.3 Å². The van der Waals surface area contributed by atoms with Gasteiger partial charge in [0, 0.05) is 13.5 Å². The molecule has 0 aromatic carbocycles. The van der Waals surface area contributed by atoms with Gasteiger partial charge in [0.15, 0.2) is 0 Å². The van der Waals surface area contributed by atoms with Crippen molar-refractivity contribution in [1.29, 1.82) is 0 Å². The number of halogens is 1. The molecule has 0 saturated carbocycles. The summed E-state index contributed by atoms with van der Waals surface area (Å²) in [6.45, 7) is 1.63. The first kappa shape index (κ1) is 10.2. The molecule has 0 bridgehead atoms. The molecule has 1 aliphatic heterocycles. The molecular formula is C7H13ClO4. The van der Waals surface area contributed by atoms with Crippen molar-refractivity contribution in [3.8, 4) is 0 Å². The molecule has 1 saturated heterocycles. The molecule has 0 aliphatic carbocycles. The van der Waals surface area contributed by atoms with Crippen LogP contribution < -0.4 is 0 Å². The van der Waals surface area contributed by atoms with Crippen LogP contribution in [-0.4, -0.2) is 40.9 Å². The van der Waals surface area contributed by atoms with Crippen molar-refractivity contribution in [2.75, 3.05) is 7.11 Å². The molecule has 4 nitrogen and oxygen atoms in total. The quantitative estimate of drug-likeness (QED) is 0.583. The summed E-state index contributed by atoms with van der Waals surface area (Å²) in [5.41, 5.74) is 0. The highest BCUT2D eigenvalue weighted by Crippen LogP contribution is 2.31. The second kappa shape index (κ2) is 3.47. The fourth-order valence-electron chi connectivity index (χ4n) is 1.30. The Balaban J connectivity index is 2.65. The number of aliphatic hydroxyl groups is 2. The van der Waals surface area contributed by atoms with Crippen LogP contribution in [0.15, 0.2) is 0 Å². The summed E-state index contributed by atoms with van der Waals surface area (Å²) in [7, 11) is 1.46. The van der Waals surface area contributed by atoms with Gasteiger partial charge >= 0.3 is 0 Å². The molecule has 72 valence electrons.